The van der Waals surface area contributed by atoms with E-state index in [1.807, 2.05) is 25.1 Å². The Balaban J connectivity index is 0.941. The molecule has 3 aromatic rings. The van der Waals surface area contributed by atoms with Crippen LogP contribution >= 0.6 is 12.2 Å². The average Bonchev–Trinajstić information content (AvgIpc) is 3.42. The van der Waals surface area contributed by atoms with Gasteiger partial charge in [0.15, 0.2) is 10.8 Å². The van der Waals surface area contributed by atoms with E-state index in [1.165, 1.54) is 6.07 Å². The first-order valence-corrected chi connectivity index (χ1v) is 20.3. The summed E-state index contributed by atoms with van der Waals surface area (Å²) in [6.45, 7) is 9.51. The largest absolute Gasteiger partial charge is 0.492 e. The van der Waals surface area contributed by atoms with Gasteiger partial charge in [0, 0.05) is 55.2 Å². The fraction of sp³-hybridized carbons (Fsp3) is 0.452. The second kappa shape index (κ2) is 16.8. The van der Waals surface area contributed by atoms with E-state index in [-0.39, 0.29) is 47.0 Å². The molecule has 0 bridgehead atoms. The van der Waals surface area contributed by atoms with Gasteiger partial charge in [-0.05, 0) is 106 Å². The number of carbonyl (C=O) groups excluding carboxylic acids is 4. The van der Waals surface area contributed by atoms with Gasteiger partial charge in [-0.2, -0.15) is 18.4 Å². The minimum Gasteiger partial charge on any atom is -0.492 e. The summed E-state index contributed by atoms with van der Waals surface area (Å²) in [6, 6.07) is 14.4. The van der Waals surface area contributed by atoms with Crippen molar-refractivity contribution >= 4 is 63.7 Å². The van der Waals surface area contributed by atoms with Gasteiger partial charge in [-0.15, -0.1) is 0 Å². The number of hydrogen-bond donors (Lipinski definition) is 3. The van der Waals surface area contributed by atoms with Crippen molar-refractivity contribution < 1.29 is 37.1 Å². The molecule has 4 aliphatic rings. The molecule has 1 unspecified atom stereocenters. The lowest BCUT2D eigenvalue weighted by Crippen LogP contribution is -2.61. The van der Waals surface area contributed by atoms with E-state index in [0.29, 0.717) is 74.7 Å². The monoisotopic (exact) mass is 845 g/mol. The molecule has 3 saturated heterocycles. The maximum absolute atomic E-state index is 14.0. The van der Waals surface area contributed by atoms with Crippen molar-refractivity contribution in [2.75, 3.05) is 59.8 Å². The van der Waals surface area contributed by atoms with Gasteiger partial charge in [0.25, 0.3) is 5.91 Å². The van der Waals surface area contributed by atoms with E-state index in [4.69, 9.17) is 17.0 Å². The van der Waals surface area contributed by atoms with E-state index < -0.39 is 34.9 Å². The highest BCUT2D eigenvalue weighted by molar-refractivity contribution is 7.81. The number of piperidine rings is 1. The Kier molecular flexibility index (Phi) is 11.9. The van der Waals surface area contributed by atoms with Crippen LogP contribution in [0.15, 0.2) is 54.7 Å². The van der Waals surface area contributed by atoms with E-state index in [2.05, 4.69) is 44.6 Å². The molecule has 4 fully saturated rings. The lowest BCUT2D eigenvalue weighted by Gasteiger charge is -2.46. The van der Waals surface area contributed by atoms with Crippen LogP contribution in [-0.4, -0.2) is 100.0 Å². The number of nitriles is 1. The number of anilines is 4. The summed E-state index contributed by atoms with van der Waals surface area (Å²) in [5.74, 6) is -0.565. The van der Waals surface area contributed by atoms with Crippen LogP contribution in [0.5, 0.6) is 5.75 Å². The van der Waals surface area contributed by atoms with Gasteiger partial charge in [-0.3, -0.25) is 39.2 Å². The van der Waals surface area contributed by atoms with Crippen molar-refractivity contribution in [1.82, 2.24) is 20.1 Å². The summed E-state index contributed by atoms with van der Waals surface area (Å²) in [5.41, 5.74) is -0.740. The molecule has 316 valence electrons. The number of nitrogens with one attached hydrogen (secondary N) is 3. The second-order valence-corrected chi connectivity index (χ2v) is 16.5. The molecular formula is C42H46F3N9O5S. The second-order valence-electron chi connectivity index (χ2n) is 16.1. The third-order valence-electron chi connectivity index (χ3n) is 11.7. The van der Waals surface area contributed by atoms with Crippen molar-refractivity contribution in [2.24, 2.45) is 0 Å². The standard InChI is InChI=1S/C42H46F3N9O5S/c1-4-26-19-29(54-39(60)53(38(58)41(54)13-6-14-41)30-21-31(42(43,44)45)33(22-46)47-23-30)9-11-34(26)59-18-17-51-15-16-52(40(2,3)25-51)24-36(56)49-28-8-5-7-27(20-28)48-32-10-12-35(55)50-37(32)57/h5,7-9,11,19-21,23,32,48H,4,6,10,12-18,24-25H2,1-3H3,(H,49,56)(H,50,55,57). The number of ether oxygens (including phenoxy) is 1. The molecule has 60 heavy (non-hydrogen) atoms. The van der Waals surface area contributed by atoms with Crippen LogP contribution in [0.1, 0.15) is 69.7 Å². The van der Waals surface area contributed by atoms with E-state index in [0.717, 1.165) is 35.7 Å². The Hall–Kier alpha value is -5.64. The summed E-state index contributed by atoms with van der Waals surface area (Å²) >= 11 is 5.79. The molecule has 4 heterocycles. The Morgan fingerprint density at radius 2 is 1.85 bits per heavy atom. The van der Waals surface area contributed by atoms with Crippen LogP contribution in [0.25, 0.3) is 0 Å². The smallest absolute Gasteiger partial charge is 0.419 e. The third kappa shape index (κ3) is 8.51. The quantitative estimate of drug-likeness (QED) is 0.161. The third-order valence-corrected chi connectivity index (χ3v) is 12.1. The Morgan fingerprint density at radius 3 is 2.52 bits per heavy atom. The van der Waals surface area contributed by atoms with Gasteiger partial charge in [-0.1, -0.05) is 13.0 Å². The number of pyridine rings is 1. The Labute approximate surface area is 351 Å². The molecule has 18 heteroatoms. The first-order chi connectivity index (χ1) is 28.5. The summed E-state index contributed by atoms with van der Waals surface area (Å²) < 4.78 is 47.8. The fourth-order valence-electron chi connectivity index (χ4n) is 8.36. The number of amides is 4. The van der Waals surface area contributed by atoms with Crippen LogP contribution in [-0.2, 0) is 31.8 Å². The molecule has 1 aliphatic carbocycles. The van der Waals surface area contributed by atoms with Crippen LogP contribution in [0.2, 0.25) is 0 Å². The molecular weight excluding hydrogens is 800 g/mol. The average molecular weight is 846 g/mol. The maximum Gasteiger partial charge on any atom is 0.419 e. The SMILES string of the molecule is CCc1cc(N2C(=S)N(c3cnc(C#N)c(C(F)(F)F)c3)C(=O)C23CCC3)ccc1OCCN1CCN(CC(=O)Nc2cccc(NC3CCC(=O)NC3=O)c2)C(C)(C)C1. The lowest BCUT2D eigenvalue weighted by atomic mass is 9.75. The molecule has 3 N–H and O–H groups in total. The topological polar surface area (TPSA) is 163 Å². The van der Waals surface area contributed by atoms with Gasteiger partial charge in [0.05, 0.1) is 24.0 Å². The van der Waals surface area contributed by atoms with Crippen molar-refractivity contribution in [1.29, 1.82) is 5.26 Å². The molecule has 1 aromatic heterocycles. The number of rotatable bonds is 12. The van der Waals surface area contributed by atoms with Crippen LogP contribution in [0, 0.1) is 11.3 Å². The number of benzene rings is 2. The van der Waals surface area contributed by atoms with Crippen molar-refractivity contribution in [3.05, 3.63) is 71.5 Å². The molecule has 2 aromatic carbocycles. The van der Waals surface area contributed by atoms with E-state index >= 15 is 0 Å². The number of hydrogen-bond acceptors (Lipinski definition) is 11. The number of imide groups is 1. The van der Waals surface area contributed by atoms with Crippen molar-refractivity contribution in [3.8, 4) is 11.8 Å². The molecule has 3 aliphatic heterocycles. The highest BCUT2D eigenvalue weighted by Crippen LogP contribution is 2.49. The number of carbonyl (C=O) groups is 4. The highest BCUT2D eigenvalue weighted by atomic mass is 32.1. The number of halogens is 3. The molecule has 0 radical (unpaired) electrons. The molecule has 1 atom stereocenters. The molecule has 1 spiro atoms. The summed E-state index contributed by atoms with van der Waals surface area (Å²) in [4.78, 5) is 61.8. The van der Waals surface area contributed by atoms with Gasteiger partial charge in [0.2, 0.25) is 17.7 Å². The molecule has 7 rings (SSSR count). The summed E-state index contributed by atoms with van der Waals surface area (Å²) in [6.07, 6.45) is -0.800. The van der Waals surface area contributed by atoms with Gasteiger partial charge >= 0.3 is 6.18 Å². The predicted octanol–water partition coefficient (Wildman–Crippen LogP) is 5.23. The fourth-order valence-corrected chi connectivity index (χ4v) is 8.83. The number of piperazine rings is 1. The van der Waals surface area contributed by atoms with Gasteiger partial charge < -0.3 is 20.3 Å². The minimum atomic E-state index is -4.85. The first-order valence-electron chi connectivity index (χ1n) is 19.9. The van der Waals surface area contributed by atoms with Crippen LogP contribution in [0.3, 0.4) is 0 Å². The normalized spacial score (nSPS) is 20.4. The molecule has 14 nitrogen and oxygen atoms in total. The number of nitrogens with zero attached hydrogens (tertiary/aromatic N) is 6. The minimum absolute atomic E-state index is 0.0443. The van der Waals surface area contributed by atoms with Crippen molar-refractivity contribution in [3.63, 3.8) is 0 Å². The Morgan fingerprint density at radius 1 is 1.08 bits per heavy atom. The lowest BCUT2D eigenvalue weighted by molar-refractivity contribution is -0.138. The zero-order valence-electron chi connectivity index (χ0n) is 33.5. The van der Waals surface area contributed by atoms with E-state index in [1.54, 1.807) is 29.2 Å². The predicted molar refractivity (Wildman–Crippen MR) is 221 cm³/mol. The number of aryl methyl sites for hydroxylation is 1. The van der Waals surface area contributed by atoms with E-state index in [9.17, 15) is 37.6 Å². The number of aromatic nitrogens is 1. The number of thiocarbonyl (C=S) groups is 1. The van der Waals surface area contributed by atoms with Crippen LogP contribution in [0.4, 0.5) is 35.9 Å². The Bertz CT molecular complexity index is 2260. The maximum atomic E-state index is 14.0. The molecule has 1 saturated carbocycles. The van der Waals surface area contributed by atoms with Crippen LogP contribution < -0.4 is 30.5 Å². The van der Waals surface area contributed by atoms with Crippen molar-refractivity contribution in [2.45, 2.75) is 82.6 Å². The zero-order valence-corrected chi connectivity index (χ0v) is 34.3. The van der Waals surface area contributed by atoms with Gasteiger partial charge in [0.1, 0.15) is 30.0 Å². The highest BCUT2D eigenvalue weighted by Gasteiger charge is 2.60. The summed E-state index contributed by atoms with van der Waals surface area (Å²) in [7, 11) is 0. The molecule has 4 amide bonds. The first kappa shape index (κ1) is 42.5. The summed E-state index contributed by atoms with van der Waals surface area (Å²) in [5, 5.41) is 17.7. The zero-order chi connectivity index (χ0) is 43.0. The van der Waals surface area contributed by atoms with Gasteiger partial charge in [-0.25, -0.2) is 4.98 Å². The number of alkyl halides is 3.